The van der Waals surface area contributed by atoms with Crippen LogP contribution in [0, 0.1) is 0 Å². The first kappa shape index (κ1) is 14.5. The highest BCUT2D eigenvalue weighted by Crippen LogP contribution is 2.29. The molecule has 0 amide bonds. The lowest BCUT2D eigenvalue weighted by Gasteiger charge is -2.38. The Labute approximate surface area is 115 Å². The first-order valence-electron chi connectivity index (χ1n) is 7.46. The Morgan fingerprint density at radius 2 is 2.26 bits per heavy atom. The fourth-order valence-corrected chi connectivity index (χ4v) is 2.76. The van der Waals surface area contributed by atoms with Crippen molar-refractivity contribution in [2.24, 2.45) is 0 Å². The Balaban J connectivity index is 2.09. The minimum Gasteiger partial charge on any atom is -0.390 e. The molecule has 4 heteroatoms. The van der Waals surface area contributed by atoms with Crippen LogP contribution in [-0.4, -0.2) is 33.2 Å². The van der Waals surface area contributed by atoms with Gasteiger partial charge in [0.05, 0.1) is 17.4 Å². The zero-order valence-electron chi connectivity index (χ0n) is 12.4. The Morgan fingerprint density at radius 1 is 1.47 bits per heavy atom. The zero-order chi connectivity index (χ0) is 13.9. The van der Waals surface area contributed by atoms with Gasteiger partial charge in [-0.05, 0) is 45.6 Å². The van der Waals surface area contributed by atoms with Crippen LogP contribution in [0.4, 0.5) is 0 Å². The average molecular weight is 266 g/mol. The molecule has 1 aromatic rings. The Bertz CT molecular complexity index is 408. The SMILES string of the molecule is CCc1cc(CC(O)C2(C)CCCCO2)n(CC)n1. The number of nitrogens with zero attached hydrogens (tertiary/aromatic N) is 2. The van der Waals surface area contributed by atoms with Crippen molar-refractivity contribution in [1.82, 2.24) is 9.78 Å². The molecule has 2 atom stereocenters. The van der Waals surface area contributed by atoms with Crippen molar-refractivity contribution in [2.75, 3.05) is 6.61 Å². The van der Waals surface area contributed by atoms with Crippen LogP contribution in [0.25, 0.3) is 0 Å². The van der Waals surface area contributed by atoms with Crippen molar-refractivity contribution in [3.63, 3.8) is 0 Å². The van der Waals surface area contributed by atoms with Crippen LogP contribution in [0.3, 0.4) is 0 Å². The first-order valence-corrected chi connectivity index (χ1v) is 7.46. The quantitative estimate of drug-likeness (QED) is 0.889. The van der Waals surface area contributed by atoms with Crippen molar-refractivity contribution in [1.29, 1.82) is 0 Å². The molecule has 0 radical (unpaired) electrons. The van der Waals surface area contributed by atoms with E-state index in [1.807, 2.05) is 11.6 Å². The van der Waals surface area contributed by atoms with Crippen LogP contribution in [0.2, 0.25) is 0 Å². The second-order valence-corrected chi connectivity index (χ2v) is 5.63. The van der Waals surface area contributed by atoms with E-state index in [-0.39, 0.29) is 0 Å². The molecular formula is C15H26N2O2. The average Bonchev–Trinajstić information content (AvgIpc) is 2.82. The van der Waals surface area contributed by atoms with Gasteiger partial charge < -0.3 is 9.84 Å². The van der Waals surface area contributed by atoms with Gasteiger partial charge in [-0.25, -0.2) is 0 Å². The highest BCUT2D eigenvalue weighted by Gasteiger charge is 2.36. The van der Waals surface area contributed by atoms with Gasteiger partial charge in [-0.15, -0.1) is 0 Å². The number of aromatic nitrogens is 2. The lowest BCUT2D eigenvalue weighted by Crippen LogP contribution is -2.45. The molecule has 1 saturated heterocycles. The lowest BCUT2D eigenvalue weighted by molar-refractivity contribution is -0.135. The summed E-state index contributed by atoms with van der Waals surface area (Å²) in [4.78, 5) is 0. The van der Waals surface area contributed by atoms with Crippen LogP contribution >= 0.6 is 0 Å². The molecule has 1 aromatic heterocycles. The van der Waals surface area contributed by atoms with Crippen molar-refractivity contribution in [3.8, 4) is 0 Å². The third-order valence-corrected chi connectivity index (χ3v) is 4.18. The second kappa shape index (κ2) is 6.06. The molecule has 1 aliphatic rings. The Kier molecular flexibility index (Phi) is 4.63. The number of rotatable bonds is 5. The van der Waals surface area contributed by atoms with Gasteiger partial charge in [0.15, 0.2) is 0 Å². The van der Waals surface area contributed by atoms with E-state index in [1.165, 1.54) is 0 Å². The van der Waals surface area contributed by atoms with E-state index >= 15 is 0 Å². The van der Waals surface area contributed by atoms with Gasteiger partial charge in [-0.2, -0.15) is 5.10 Å². The minimum atomic E-state index is -0.459. The lowest BCUT2D eigenvalue weighted by atomic mass is 9.87. The molecule has 0 aliphatic carbocycles. The summed E-state index contributed by atoms with van der Waals surface area (Å²) in [5, 5.41) is 15.1. The summed E-state index contributed by atoms with van der Waals surface area (Å²) in [6.07, 6.45) is 4.28. The predicted octanol–water partition coefficient (Wildman–Crippen LogP) is 2.33. The normalized spacial score (nSPS) is 25.5. The largest absolute Gasteiger partial charge is 0.390 e. The standard InChI is InChI=1S/C15H26N2O2/c1-4-12-10-13(17(5-2)16-12)11-14(18)15(3)8-6-7-9-19-15/h10,14,18H,4-9,11H2,1-3H3. The summed E-state index contributed by atoms with van der Waals surface area (Å²) in [6, 6.07) is 2.11. The summed E-state index contributed by atoms with van der Waals surface area (Å²) in [5.41, 5.74) is 1.81. The van der Waals surface area contributed by atoms with Crippen LogP contribution in [-0.2, 0) is 24.1 Å². The summed E-state index contributed by atoms with van der Waals surface area (Å²) in [6.45, 7) is 7.83. The topological polar surface area (TPSA) is 47.3 Å². The number of aliphatic hydroxyl groups is 1. The number of aryl methyl sites for hydroxylation is 2. The van der Waals surface area contributed by atoms with Gasteiger partial charge in [0.2, 0.25) is 0 Å². The maximum atomic E-state index is 10.5. The van der Waals surface area contributed by atoms with E-state index in [2.05, 4.69) is 25.0 Å². The third kappa shape index (κ3) is 3.18. The molecule has 0 spiro atoms. The van der Waals surface area contributed by atoms with Crippen molar-refractivity contribution < 1.29 is 9.84 Å². The summed E-state index contributed by atoms with van der Waals surface area (Å²) in [5.74, 6) is 0. The molecule has 0 aromatic carbocycles. The number of aliphatic hydroxyl groups excluding tert-OH is 1. The van der Waals surface area contributed by atoms with Crippen LogP contribution in [0.1, 0.15) is 51.4 Å². The highest BCUT2D eigenvalue weighted by molar-refractivity contribution is 5.12. The molecule has 19 heavy (non-hydrogen) atoms. The van der Waals surface area contributed by atoms with Gasteiger partial charge in [0, 0.05) is 25.3 Å². The molecule has 1 fully saturated rings. The van der Waals surface area contributed by atoms with E-state index < -0.39 is 11.7 Å². The van der Waals surface area contributed by atoms with Crippen molar-refractivity contribution in [2.45, 2.75) is 71.1 Å². The maximum absolute atomic E-state index is 10.5. The van der Waals surface area contributed by atoms with Crippen LogP contribution < -0.4 is 0 Å². The summed E-state index contributed by atoms with van der Waals surface area (Å²) < 4.78 is 7.82. The van der Waals surface area contributed by atoms with E-state index in [0.717, 1.165) is 50.2 Å². The summed E-state index contributed by atoms with van der Waals surface area (Å²) in [7, 11) is 0. The van der Waals surface area contributed by atoms with E-state index in [4.69, 9.17) is 4.74 Å². The Morgan fingerprint density at radius 3 is 2.84 bits per heavy atom. The second-order valence-electron chi connectivity index (χ2n) is 5.63. The molecule has 2 rings (SSSR count). The predicted molar refractivity (Wildman–Crippen MR) is 75.2 cm³/mol. The summed E-state index contributed by atoms with van der Waals surface area (Å²) >= 11 is 0. The van der Waals surface area contributed by atoms with Gasteiger partial charge in [-0.3, -0.25) is 4.68 Å². The van der Waals surface area contributed by atoms with Crippen molar-refractivity contribution in [3.05, 3.63) is 17.5 Å². The van der Waals surface area contributed by atoms with Gasteiger partial charge >= 0.3 is 0 Å². The molecular weight excluding hydrogens is 240 g/mol. The monoisotopic (exact) mass is 266 g/mol. The van der Waals surface area contributed by atoms with E-state index in [9.17, 15) is 5.11 Å². The number of ether oxygens (including phenoxy) is 1. The Hall–Kier alpha value is -0.870. The van der Waals surface area contributed by atoms with Gasteiger partial charge in [0.1, 0.15) is 0 Å². The fourth-order valence-electron chi connectivity index (χ4n) is 2.76. The van der Waals surface area contributed by atoms with Crippen molar-refractivity contribution >= 4 is 0 Å². The van der Waals surface area contributed by atoms with E-state index in [1.54, 1.807) is 0 Å². The molecule has 0 saturated carbocycles. The van der Waals surface area contributed by atoms with Crippen LogP contribution in [0.15, 0.2) is 6.07 Å². The molecule has 1 aliphatic heterocycles. The molecule has 1 N–H and O–H groups in total. The zero-order valence-corrected chi connectivity index (χ0v) is 12.4. The molecule has 0 bridgehead atoms. The number of hydrogen-bond donors (Lipinski definition) is 1. The molecule has 2 unspecified atom stereocenters. The highest BCUT2D eigenvalue weighted by atomic mass is 16.5. The van der Waals surface area contributed by atoms with Gasteiger partial charge in [-0.1, -0.05) is 6.92 Å². The molecule has 2 heterocycles. The number of hydrogen-bond acceptors (Lipinski definition) is 3. The fraction of sp³-hybridized carbons (Fsp3) is 0.800. The molecule has 108 valence electrons. The molecule has 4 nitrogen and oxygen atoms in total. The van der Waals surface area contributed by atoms with Gasteiger partial charge in [0.25, 0.3) is 0 Å². The third-order valence-electron chi connectivity index (χ3n) is 4.18. The maximum Gasteiger partial charge on any atom is 0.0916 e. The smallest absolute Gasteiger partial charge is 0.0916 e. The van der Waals surface area contributed by atoms with Crippen LogP contribution in [0.5, 0.6) is 0 Å². The minimum absolute atomic E-state index is 0.395. The van der Waals surface area contributed by atoms with E-state index in [0.29, 0.717) is 6.42 Å². The first-order chi connectivity index (χ1) is 9.09.